The van der Waals surface area contributed by atoms with Gasteiger partial charge in [-0.15, -0.1) is 0 Å². The first-order valence-corrected chi connectivity index (χ1v) is 9.84. The topological polar surface area (TPSA) is 49.7 Å². The van der Waals surface area contributed by atoms with E-state index in [4.69, 9.17) is 4.99 Å². The lowest BCUT2D eigenvalue weighted by molar-refractivity contribution is -0.124. The number of Topliss-reactive ketones (excluding diaryl/α,β-unsaturated/α-hetero) is 2. The Balaban J connectivity index is 1.82. The van der Waals surface area contributed by atoms with Crippen LogP contribution in [0, 0.1) is 5.41 Å². The molecule has 1 heterocycles. The molecule has 1 fully saturated rings. The van der Waals surface area contributed by atoms with Gasteiger partial charge in [0.2, 0.25) is 0 Å². The number of anilines is 1. The minimum atomic E-state index is -0.253. The molecule has 5 heteroatoms. The molecule has 27 heavy (non-hydrogen) atoms. The van der Waals surface area contributed by atoms with E-state index in [-0.39, 0.29) is 17.0 Å². The van der Waals surface area contributed by atoms with Crippen molar-refractivity contribution in [3.63, 3.8) is 0 Å². The van der Waals surface area contributed by atoms with Crippen LogP contribution in [-0.2, 0) is 9.59 Å². The highest BCUT2D eigenvalue weighted by atomic mass is 32.2. The summed E-state index contributed by atoms with van der Waals surface area (Å²) in [7, 11) is 4.02. The molecule has 0 N–H and O–H groups in total. The summed E-state index contributed by atoms with van der Waals surface area (Å²) in [6, 6.07) is 11.9. The zero-order valence-corrected chi connectivity index (χ0v) is 16.8. The van der Waals surface area contributed by atoms with Crippen molar-refractivity contribution in [2.75, 3.05) is 19.0 Å². The van der Waals surface area contributed by atoms with Crippen LogP contribution in [0.2, 0.25) is 0 Å². The molecule has 0 aromatic heterocycles. The fraction of sp³-hybridized carbons (Fsp3) is 0.318. The summed E-state index contributed by atoms with van der Waals surface area (Å²) in [5, 5.41) is 1.60. The zero-order valence-electron chi connectivity index (χ0n) is 16.0. The van der Waals surface area contributed by atoms with Crippen LogP contribution in [-0.4, -0.2) is 25.7 Å². The van der Waals surface area contributed by atoms with Gasteiger partial charge in [0.1, 0.15) is 0 Å². The van der Waals surface area contributed by atoms with Crippen molar-refractivity contribution in [3.05, 3.63) is 47.0 Å². The monoisotopic (exact) mass is 378 g/mol. The third kappa shape index (κ3) is 3.32. The smallest absolute Gasteiger partial charge is 0.167 e. The summed E-state index contributed by atoms with van der Waals surface area (Å²) < 4.78 is 0. The summed E-state index contributed by atoms with van der Waals surface area (Å²) >= 11 is 1.64. The van der Waals surface area contributed by atoms with Crippen LogP contribution in [0.25, 0.3) is 5.57 Å². The Morgan fingerprint density at radius 3 is 2.33 bits per heavy atom. The SMILES string of the molecule is CN(C)c1ccc2c(c1)Sc1cc(=C3C(=O)CC(C)(C)CC3=O)ccc1=N2. The van der Waals surface area contributed by atoms with Gasteiger partial charge in [0.25, 0.3) is 0 Å². The Kier molecular flexibility index (Phi) is 4.22. The van der Waals surface area contributed by atoms with Crippen molar-refractivity contribution in [2.24, 2.45) is 10.4 Å². The molecule has 4 rings (SSSR count). The van der Waals surface area contributed by atoms with Gasteiger partial charge < -0.3 is 4.90 Å². The molecular formula is C22H22N2O2S. The molecule has 2 aromatic rings. The lowest BCUT2D eigenvalue weighted by Crippen LogP contribution is -2.34. The van der Waals surface area contributed by atoms with Crippen LogP contribution in [0.5, 0.6) is 0 Å². The van der Waals surface area contributed by atoms with Crippen molar-refractivity contribution in [1.82, 2.24) is 0 Å². The number of rotatable bonds is 1. The molecule has 0 radical (unpaired) electrons. The van der Waals surface area contributed by atoms with Gasteiger partial charge in [-0.05, 0) is 41.0 Å². The minimum absolute atomic E-state index is 0.0516. The van der Waals surface area contributed by atoms with Crippen molar-refractivity contribution in [1.29, 1.82) is 0 Å². The van der Waals surface area contributed by atoms with Gasteiger partial charge in [0.05, 0.1) is 16.6 Å². The summed E-state index contributed by atoms with van der Waals surface area (Å²) in [6.45, 7) is 3.95. The molecule has 0 amide bonds. The molecular weight excluding hydrogens is 356 g/mol. The molecule has 2 aromatic carbocycles. The first-order valence-electron chi connectivity index (χ1n) is 9.02. The van der Waals surface area contributed by atoms with E-state index < -0.39 is 0 Å². The van der Waals surface area contributed by atoms with Gasteiger partial charge in [0.15, 0.2) is 11.6 Å². The van der Waals surface area contributed by atoms with Crippen molar-refractivity contribution < 1.29 is 9.59 Å². The number of hydrogen-bond donors (Lipinski definition) is 0. The van der Waals surface area contributed by atoms with Gasteiger partial charge in [0, 0.05) is 42.4 Å². The maximum Gasteiger partial charge on any atom is 0.167 e. The largest absolute Gasteiger partial charge is 0.378 e. The second-order valence-electron chi connectivity index (χ2n) is 8.18. The molecule has 0 atom stereocenters. The standard InChI is InChI=1S/C22H22N2O2S/c1-22(2)11-17(25)21(18(26)12-22)13-5-7-15-19(9-13)27-20-10-14(24(3)4)6-8-16(20)23-15/h5-10H,11-12H2,1-4H3. The third-order valence-corrected chi connectivity index (χ3v) is 6.10. The summed E-state index contributed by atoms with van der Waals surface area (Å²) in [5.41, 5.74) is 2.17. The molecule has 2 aliphatic rings. The Morgan fingerprint density at radius 1 is 0.963 bits per heavy atom. The fourth-order valence-electron chi connectivity index (χ4n) is 3.63. The quantitative estimate of drug-likeness (QED) is 0.652. The Hall–Kier alpha value is -2.40. The van der Waals surface area contributed by atoms with E-state index in [1.165, 1.54) is 0 Å². The number of ketones is 2. The molecule has 1 aliphatic carbocycles. The molecule has 0 bridgehead atoms. The number of carbonyl (C=O) groups is 2. The summed E-state index contributed by atoms with van der Waals surface area (Å²) in [6.07, 6.45) is 0.829. The van der Waals surface area contributed by atoms with Crippen LogP contribution in [0.3, 0.4) is 0 Å². The highest BCUT2D eigenvalue weighted by Crippen LogP contribution is 2.39. The molecule has 0 saturated heterocycles. The second-order valence-corrected chi connectivity index (χ2v) is 9.27. The minimum Gasteiger partial charge on any atom is -0.378 e. The Labute approximate surface area is 163 Å². The van der Waals surface area contributed by atoms with Gasteiger partial charge in [-0.1, -0.05) is 31.7 Å². The number of nitrogens with zero attached hydrogens (tertiary/aromatic N) is 2. The Bertz CT molecular complexity index is 1080. The lowest BCUT2D eigenvalue weighted by atomic mass is 9.73. The molecule has 0 unspecified atom stereocenters. The van der Waals surface area contributed by atoms with E-state index in [1.807, 2.05) is 52.2 Å². The first kappa shape index (κ1) is 18.0. The number of benzene rings is 2. The number of hydrogen-bond acceptors (Lipinski definition) is 5. The van der Waals surface area contributed by atoms with Crippen molar-refractivity contribution in [2.45, 2.75) is 36.5 Å². The normalized spacial score (nSPS) is 17.9. The average Bonchev–Trinajstić information content (AvgIpc) is 2.57. The highest BCUT2D eigenvalue weighted by molar-refractivity contribution is 7.99. The van der Waals surface area contributed by atoms with E-state index in [0.29, 0.717) is 23.6 Å². The zero-order chi connectivity index (χ0) is 19.3. The van der Waals surface area contributed by atoms with Crippen LogP contribution in [0.4, 0.5) is 11.4 Å². The molecule has 1 aliphatic heterocycles. The molecule has 1 saturated carbocycles. The van der Waals surface area contributed by atoms with Gasteiger partial charge >= 0.3 is 0 Å². The molecule has 0 spiro atoms. The first-order chi connectivity index (χ1) is 12.7. The lowest BCUT2D eigenvalue weighted by Gasteiger charge is -2.28. The average molecular weight is 378 g/mol. The van der Waals surface area contributed by atoms with Crippen molar-refractivity contribution >= 4 is 40.3 Å². The Morgan fingerprint density at radius 2 is 1.67 bits per heavy atom. The van der Waals surface area contributed by atoms with Gasteiger partial charge in [-0.25, -0.2) is 4.99 Å². The predicted molar refractivity (Wildman–Crippen MR) is 108 cm³/mol. The maximum atomic E-state index is 12.6. The van der Waals surface area contributed by atoms with Crippen LogP contribution < -0.4 is 15.5 Å². The molecule has 138 valence electrons. The van der Waals surface area contributed by atoms with Gasteiger partial charge in [-0.3, -0.25) is 9.59 Å². The van der Waals surface area contributed by atoms with E-state index >= 15 is 0 Å². The predicted octanol–water partition coefficient (Wildman–Crippen LogP) is 3.28. The summed E-state index contributed by atoms with van der Waals surface area (Å²) in [5.74, 6) is -0.103. The second kappa shape index (κ2) is 6.34. The van der Waals surface area contributed by atoms with E-state index in [1.54, 1.807) is 11.8 Å². The van der Waals surface area contributed by atoms with Crippen LogP contribution >= 0.6 is 11.8 Å². The van der Waals surface area contributed by atoms with E-state index in [2.05, 4.69) is 17.0 Å². The summed E-state index contributed by atoms with van der Waals surface area (Å²) in [4.78, 5) is 34.1. The number of carbonyl (C=O) groups excluding carboxylic acids is 2. The van der Waals surface area contributed by atoms with Gasteiger partial charge in [-0.2, -0.15) is 0 Å². The van der Waals surface area contributed by atoms with E-state index in [9.17, 15) is 9.59 Å². The van der Waals surface area contributed by atoms with Crippen LogP contribution in [0.15, 0.2) is 51.2 Å². The third-order valence-electron chi connectivity index (χ3n) is 5.00. The van der Waals surface area contributed by atoms with E-state index in [0.717, 1.165) is 26.5 Å². The number of fused-ring (bicyclic) bond motifs is 2. The van der Waals surface area contributed by atoms with Crippen molar-refractivity contribution in [3.8, 4) is 0 Å². The highest BCUT2D eigenvalue weighted by Gasteiger charge is 2.35. The maximum absolute atomic E-state index is 12.6. The van der Waals surface area contributed by atoms with Crippen LogP contribution in [0.1, 0.15) is 26.7 Å². The molecule has 4 nitrogen and oxygen atoms in total. The fourth-order valence-corrected chi connectivity index (χ4v) is 4.67.